The summed E-state index contributed by atoms with van der Waals surface area (Å²) in [5.41, 5.74) is 5.09. The number of aromatic nitrogens is 1. The molecule has 0 aliphatic rings. The lowest BCUT2D eigenvalue weighted by atomic mass is 10.1. The van der Waals surface area contributed by atoms with Crippen molar-refractivity contribution in [3.05, 3.63) is 77.5 Å². The van der Waals surface area contributed by atoms with Gasteiger partial charge in [0.05, 0.1) is 24.6 Å². The van der Waals surface area contributed by atoms with Gasteiger partial charge in [-0.1, -0.05) is 0 Å². The van der Waals surface area contributed by atoms with Gasteiger partial charge in [0.1, 0.15) is 17.6 Å². The SMILES string of the molecule is COc1ccc(-c2ccc(C=NNC(=O)c3ccc(O)c(C#N)c3)cn2)cc1. The third-order valence-corrected chi connectivity index (χ3v) is 3.93. The van der Waals surface area contributed by atoms with E-state index >= 15 is 0 Å². The Morgan fingerprint density at radius 2 is 2.00 bits per heavy atom. The van der Waals surface area contributed by atoms with Crippen LogP contribution in [0.25, 0.3) is 11.3 Å². The molecule has 3 aromatic rings. The number of hydrogen-bond acceptors (Lipinski definition) is 6. The third-order valence-electron chi connectivity index (χ3n) is 3.93. The molecule has 7 nitrogen and oxygen atoms in total. The molecule has 0 atom stereocenters. The number of carbonyl (C=O) groups is 1. The smallest absolute Gasteiger partial charge is 0.271 e. The minimum atomic E-state index is -0.490. The van der Waals surface area contributed by atoms with Crippen LogP contribution in [0.1, 0.15) is 21.5 Å². The van der Waals surface area contributed by atoms with Crippen molar-refractivity contribution in [2.24, 2.45) is 5.10 Å². The van der Waals surface area contributed by atoms with Crippen LogP contribution in [-0.4, -0.2) is 29.3 Å². The monoisotopic (exact) mass is 372 g/mol. The molecule has 1 heterocycles. The maximum absolute atomic E-state index is 12.1. The zero-order valence-electron chi connectivity index (χ0n) is 15.0. The average Bonchev–Trinajstić information content (AvgIpc) is 2.74. The first-order valence-corrected chi connectivity index (χ1v) is 8.27. The Morgan fingerprint density at radius 1 is 1.21 bits per heavy atom. The summed E-state index contributed by atoms with van der Waals surface area (Å²) in [6.45, 7) is 0. The zero-order chi connectivity index (χ0) is 19.9. The molecule has 0 saturated heterocycles. The Kier molecular flexibility index (Phi) is 5.63. The second kappa shape index (κ2) is 8.47. The van der Waals surface area contributed by atoms with Crippen LogP contribution in [-0.2, 0) is 0 Å². The van der Waals surface area contributed by atoms with Gasteiger partial charge in [0.25, 0.3) is 5.91 Å². The van der Waals surface area contributed by atoms with Gasteiger partial charge in [-0.15, -0.1) is 0 Å². The van der Waals surface area contributed by atoms with Gasteiger partial charge in [0.2, 0.25) is 0 Å². The highest BCUT2D eigenvalue weighted by Crippen LogP contribution is 2.20. The number of nitrogens with one attached hydrogen (secondary N) is 1. The Morgan fingerprint density at radius 3 is 2.64 bits per heavy atom. The number of nitriles is 1. The molecular formula is C21H16N4O3. The van der Waals surface area contributed by atoms with Gasteiger partial charge >= 0.3 is 0 Å². The van der Waals surface area contributed by atoms with Crippen LogP contribution in [0.5, 0.6) is 11.5 Å². The van der Waals surface area contributed by atoms with E-state index in [0.29, 0.717) is 5.56 Å². The lowest BCUT2D eigenvalue weighted by Gasteiger charge is -2.04. The van der Waals surface area contributed by atoms with E-state index in [2.05, 4.69) is 15.5 Å². The van der Waals surface area contributed by atoms with E-state index in [1.165, 1.54) is 24.4 Å². The Hall–Kier alpha value is -4.18. The summed E-state index contributed by atoms with van der Waals surface area (Å²) >= 11 is 0. The maximum atomic E-state index is 12.1. The summed E-state index contributed by atoms with van der Waals surface area (Å²) in [6, 6.07) is 17.1. The fourth-order valence-electron chi connectivity index (χ4n) is 2.41. The highest BCUT2D eigenvalue weighted by molar-refractivity contribution is 5.95. The van der Waals surface area contributed by atoms with Crippen molar-refractivity contribution in [2.45, 2.75) is 0 Å². The lowest BCUT2D eigenvalue weighted by molar-refractivity contribution is 0.0955. The normalized spacial score (nSPS) is 10.4. The van der Waals surface area contributed by atoms with Crippen LogP contribution < -0.4 is 10.2 Å². The molecule has 0 unspecified atom stereocenters. The van der Waals surface area contributed by atoms with Crippen molar-refractivity contribution in [3.8, 4) is 28.8 Å². The van der Waals surface area contributed by atoms with Crippen LogP contribution in [0, 0.1) is 11.3 Å². The largest absolute Gasteiger partial charge is 0.507 e. The number of ether oxygens (including phenoxy) is 1. The second-order valence-electron chi connectivity index (χ2n) is 5.75. The molecule has 0 spiro atoms. The molecule has 0 fully saturated rings. The molecule has 0 aliphatic heterocycles. The van der Waals surface area contributed by atoms with Gasteiger partial charge in [0, 0.05) is 22.9 Å². The van der Waals surface area contributed by atoms with Crippen LogP contribution in [0.15, 0.2) is 65.9 Å². The predicted molar refractivity (Wildman–Crippen MR) is 104 cm³/mol. The number of hydrazone groups is 1. The number of amides is 1. The summed E-state index contributed by atoms with van der Waals surface area (Å²) in [5, 5.41) is 22.3. The second-order valence-corrected chi connectivity index (χ2v) is 5.75. The van der Waals surface area contributed by atoms with Crippen molar-refractivity contribution in [2.75, 3.05) is 7.11 Å². The maximum Gasteiger partial charge on any atom is 0.271 e. The quantitative estimate of drug-likeness (QED) is 0.528. The number of aromatic hydroxyl groups is 1. The molecule has 1 aromatic heterocycles. The first-order chi connectivity index (χ1) is 13.6. The number of rotatable bonds is 5. The Labute approximate surface area is 161 Å². The van der Waals surface area contributed by atoms with Crippen LogP contribution in [0.4, 0.5) is 0 Å². The number of hydrogen-bond donors (Lipinski definition) is 2. The molecule has 0 aliphatic carbocycles. The number of phenols is 1. The summed E-state index contributed by atoms with van der Waals surface area (Å²) < 4.78 is 5.14. The van der Waals surface area contributed by atoms with Gasteiger partial charge < -0.3 is 9.84 Å². The van der Waals surface area contributed by atoms with E-state index in [-0.39, 0.29) is 16.9 Å². The minimum Gasteiger partial charge on any atom is -0.507 e. The van der Waals surface area contributed by atoms with Crippen molar-refractivity contribution in [3.63, 3.8) is 0 Å². The minimum absolute atomic E-state index is 0.0231. The molecule has 1 amide bonds. The molecule has 0 bridgehead atoms. The number of benzene rings is 2. The molecule has 2 aromatic carbocycles. The molecule has 0 saturated carbocycles. The topological polar surface area (TPSA) is 108 Å². The van der Waals surface area contributed by atoms with Gasteiger partial charge in [-0.2, -0.15) is 10.4 Å². The van der Waals surface area contributed by atoms with Crippen LogP contribution >= 0.6 is 0 Å². The van der Waals surface area contributed by atoms with Gasteiger partial charge in [-0.3, -0.25) is 9.78 Å². The third kappa shape index (κ3) is 4.31. The number of carbonyl (C=O) groups excluding carboxylic acids is 1. The fraction of sp³-hybridized carbons (Fsp3) is 0.0476. The summed E-state index contributed by atoms with van der Waals surface area (Å²) in [5.74, 6) is 0.111. The number of phenolic OH excluding ortho intramolecular Hbond substituents is 1. The highest BCUT2D eigenvalue weighted by atomic mass is 16.5. The number of methoxy groups -OCH3 is 1. The summed E-state index contributed by atoms with van der Waals surface area (Å²) in [6.07, 6.45) is 3.11. The van der Waals surface area contributed by atoms with Gasteiger partial charge in [-0.05, 0) is 54.6 Å². The van der Waals surface area contributed by atoms with Gasteiger partial charge in [0.15, 0.2) is 0 Å². The molecule has 7 heteroatoms. The lowest BCUT2D eigenvalue weighted by Crippen LogP contribution is -2.17. The molecular weight excluding hydrogens is 356 g/mol. The first-order valence-electron chi connectivity index (χ1n) is 8.27. The Bertz CT molecular complexity index is 1050. The number of nitrogens with zero attached hydrogens (tertiary/aromatic N) is 3. The molecule has 28 heavy (non-hydrogen) atoms. The molecule has 3 rings (SSSR count). The van der Waals surface area contributed by atoms with Crippen molar-refractivity contribution < 1.29 is 14.6 Å². The molecule has 138 valence electrons. The zero-order valence-corrected chi connectivity index (χ0v) is 15.0. The van der Waals surface area contributed by atoms with E-state index in [4.69, 9.17) is 10.00 Å². The highest BCUT2D eigenvalue weighted by Gasteiger charge is 2.08. The van der Waals surface area contributed by atoms with E-state index in [1.807, 2.05) is 42.5 Å². The van der Waals surface area contributed by atoms with E-state index in [9.17, 15) is 9.90 Å². The average molecular weight is 372 g/mol. The first kappa shape index (κ1) is 18.6. The van der Waals surface area contributed by atoms with Crippen molar-refractivity contribution in [1.29, 1.82) is 5.26 Å². The predicted octanol–water partition coefficient (Wildman–Crippen LogP) is 3.10. The number of pyridine rings is 1. The van der Waals surface area contributed by atoms with E-state index in [0.717, 1.165) is 17.0 Å². The van der Waals surface area contributed by atoms with Crippen molar-refractivity contribution >= 4 is 12.1 Å². The van der Waals surface area contributed by atoms with Gasteiger partial charge in [-0.25, -0.2) is 5.43 Å². The van der Waals surface area contributed by atoms with Crippen LogP contribution in [0.2, 0.25) is 0 Å². The van der Waals surface area contributed by atoms with E-state index < -0.39 is 5.91 Å². The summed E-state index contributed by atoms with van der Waals surface area (Å²) in [7, 11) is 1.62. The molecule has 0 radical (unpaired) electrons. The summed E-state index contributed by atoms with van der Waals surface area (Å²) in [4.78, 5) is 16.4. The van der Waals surface area contributed by atoms with E-state index in [1.54, 1.807) is 13.3 Å². The fourth-order valence-corrected chi connectivity index (χ4v) is 2.41. The van der Waals surface area contributed by atoms with Crippen molar-refractivity contribution in [1.82, 2.24) is 10.4 Å². The standard InChI is InChI=1S/C21H16N4O3/c1-28-18-6-3-15(4-7-18)19-8-2-14(12-23-19)13-24-25-21(27)16-5-9-20(26)17(10-16)11-22/h2-10,12-13,26H,1H3,(H,25,27). The van der Waals surface area contributed by atoms with Crippen LogP contribution in [0.3, 0.4) is 0 Å². The Balaban J connectivity index is 1.64. The molecule has 2 N–H and O–H groups in total.